The number of aromatic nitrogens is 2. The van der Waals surface area contributed by atoms with Crippen molar-refractivity contribution < 1.29 is 4.79 Å². The van der Waals surface area contributed by atoms with Gasteiger partial charge in [-0.25, -0.2) is 0 Å². The van der Waals surface area contributed by atoms with Crippen LogP contribution < -0.4 is 15.8 Å². The summed E-state index contributed by atoms with van der Waals surface area (Å²) in [5.41, 5.74) is 3.58. The number of nitrogens with zero attached hydrogens (tertiary/aromatic N) is 2. The second-order valence-electron chi connectivity index (χ2n) is 6.87. The monoisotopic (exact) mass is 374 g/mol. The van der Waals surface area contributed by atoms with Gasteiger partial charge in [0.05, 0.1) is 5.56 Å². The lowest BCUT2D eigenvalue weighted by atomic mass is 10.0. The number of hydrogen-bond donors (Lipinski definition) is 2. The summed E-state index contributed by atoms with van der Waals surface area (Å²) in [6.45, 7) is 3.93. The topological polar surface area (TPSA) is 78.1 Å². The Balaban J connectivity index is 1.51. The van der Waals surface area contributed by atoms with Crippen LogP contribution in [0.1, 0.15) is 15.9 Å². The van der Waals surface area contributed by atoms with E-state index in [2.05, 4.69) is 20.2 Å². The zero-order valence-electron chi connectivity index (χ0n) is 15.5. The number of Topliss-reactive ketones (excluding diaryl/α,β-unsaturated/α-hetero) is 1. The van der Waals surface area contributed by atoms with E-state index in [0.29, 0.717) is 0 Å². The molecular formula is C22H22N4O2. The number of rotatable bonds is 5. The van der Waals surface area contributed by atoms with Gasteiger partial charge >= 0.3 is 0 Å². The highest BCUT2D eigenvalue weighted by atomic mass is 16.1. The fourth-order valence-corrected chi connectivity index (χ4v) is 3.43. The number of piperazine rings is 1. The molecule has 3 aromatic rings. The molecule has 0 amide bonds. The molecule has 4 rings (SSSR count). The molecule has 1 aliphatic rings. The van der Waals surface area contributed by atoms with Gasteiger partial charge in [-0.2, -0.15) is 0 Å². The van der Waals surface area contributed by atoms with E-state index in [1.165, 1.54) is 0 Å². The number of carbonyl (C=O) groups excluding carboxylic acids is 1. The molecule has 0 unspecified atom stereocenters. The van der Waals surface area contributed by atoms with Crippen molar-refractivity contribution >= 4 is 11.5 Å². The van der Waals surface area contributed by atoms with Crippen molar-refractivity contribution in [1.82, 2.24) is 15.3 Å². The highest BCUT2D eigenvalue weighted by molar-refractivity contribution is 5.98. The van der Waals surface area contributed by atoms with Crippen molar-refractivity contribution in [3.05, 3.63) is 82.5 Å². The third-order valence-electron chi connectivity index (χ3n) is 5.00. The van der Waals surface area contributed by atoms with Gasteiger partial charge in [0.25, 0.3) is 5.56 Å². The van der Waals surface area contributed by atoms with E-state index in [0.717, 1.165) is 48.6 Å². The minimum absolute atomic E-state index is 0.181. The first kappa shape index (κ1) is 18.1. The van der Waals surface area contributed by atoms with Crippen molar-refractivity contribution in [3.63, 3.8) is 0 Å². The van der Waals surface area contributed by atoms with Gasteiger partial charge < -0.3 is 15.2 Å². The maximum Gasteiger partial charge on any atom is 0.258 e. The zero-order valence-corrected chi connectivity index (χ0v) is 15.5. The van der Waals surface area contributed by atoms with Crippen molar-refractivity contribution in [1.29, 1.82) is 0 Å². The van der Waals surface area contributed by atoms with Crippen molar-refractivity contribution in [2.45, 2.75) is 6.42 Å². The fourth-order valence-electron chi connectivity index (χ4n) is 3.43. The Morgan fingerprint density at radius 3 is 2.43 bits per heavy atom. The lowest BCUT2D eigenvalue weighted by molar-refractivity contribution is 0.0991. The predicted molar refractivity (Wildman–Crippen MR) is 110 cm³/mol. The van der Waals surface area contributed by atoms with Gasteiger partial charge in [-0.1, -0.05) is 12.1 Å². The summed E-state index contributed by atoms with van der Waals surface area (Å²) < 4.78 is 0. The number of anilines is 1. The van der Waals surface area contributed by atoms with E-state index in [1.54, 1.807) is 24.7 Å². The molecule has 1 aromatic carbocycles. The molecule has 0 aliphatic carbocycles. The molecule has 28 heavy (non-hydrogen) atoms. The van der Waals surface area contributed by atoms with Crippen LogP contribution in [0.15, 0.2) is 65.8 Å². The molecule has 3 heterocycles. The number of pyridine rings is 2. The highest BCUT2D eigenvalue weighted by Gasteiger charge is 2.14. The number of H-pyrrole nitrogens is 1. The SMILES string of the molecule is O=C(Cc1ccc(N2CCNCC2)cc1)c1cc(-c2ccncc2)c[nH]c1=O. The second-order valence-corrected chi connectivity index (χ2v) is 6.87. The number of hydrogen-bond acceptors (Lipinski definition) is 5. The Bertz CT molecular complexity index is 1010. The third kappa shape index (κ3) is 4.02. The maximum atomic E-state index is 12.8. The first-order valence-electron chi connectivity index (χ1n) is 9.42. The molecule has 0 saturated carbocycles. The molecular weight excluding hydrogens is 352 g/mol. The predicted octanol–water partition coefficient (Wildman–Crippen LogP) is 2.27. The van der Waals surface area contributed by atoms with Gasteiger partial charge in [0.15, 0.2) is 5.78 Å². The molecule has 2 N–H and O–H groups in total. The van der Waals surface area contributed by atoms with Gasteiger partial charge in [-0.15, -0.1) is 0 Å². The van der Waals surface area contributed by atoms with Crippen LogP contribution in [0.3, 0.4) is 0 Å². The normalized spacial score (nSPS) is 14.1. The van der Waals surface area contributed by atoms with Gasteiger partial charge in [0.1, 0.15) is 0 Å². The summed E-state index contributed by atoms with van der Waals surface area (Å²) in [4.78, 5) is 33.9. The minimum atomic E-state index is -0.361. The molecule has 0 radical (unpaired) electrons. The Hall–Kier alpha value is -3.25. The molecule has 6 nitrogen and oxygen atoms in total. The quantitative estimate of drug-likeness (QED) is 0.670. The van der Waals surface area contributed by atoms with Crippen molar-refractivity contribution in [2.24, 2.45) is 0 Å². The molecule has 2 aromatic heterocycles. The van der Waals surface area contributed by atoms with Crippen LogP contribution in [0, 0.1) is 0 Å². The molecule has 1 aliphatic heterocycles. The van der Waals surface area contributed by atoms with Crippen LogP contribution in [-0.4, -0.2) is 41.9 Å². The van der Waals surface area contributed by atoms with E-state index in [4.69, 9.17) is 0 Å². The number of carbonyl (C=O) groups is 1. The first-order chi connectivity index (χ1) is 13.7. The van der Waals surface area contributed by atoms with Crippen molar-refractivity contribution in [3.8, 4) is 11.1 Å². The summed E-state index contributed by atoms with van der Waals surface area (Å²) in [5, 5.41) is 3.34. The van der Waals surface area contributed by atoms with Crippen LogP contribution in [0.25, 0.3) is 11.1 Å². The average molecular weight is 374 g/mol. The number of ketones is 1. The van der Waals surface area contributed by atoms with Crippen molar-refractivity contribution in [2.75, 3.05) is 31.1 Å². The van der Waals surface area contributed by atoms with E-state index in [-0.39, 0.29) is 23.3 Å². The Labute approximate surface area is 163 Å². The zero-order chi connectivity index (χ0) is 19.3. The number of nitrogens with one attached hydrogen (secondary N) is 2. The molecule has 0 atom stereocenters. The molecule has 0 spiro atoms. The summed E-state index contributed by atoms with van der Waals surface area (Å²) in [6.07, 6.45) is 5.19. The van der Waals surface area contributed by atoms with Gasteiger partial charge in [0, 0.05) is 56.9 Å². The van der Waals surface area contributed by atoms with Crippen LogP contribution >= 0.6 is 0 Å². The summed E-state index contributed by atoms with van der Waals surface area (Å²) in [6, 6.07) is 13.4. The lowest BCUT2D eigenvalue weighted by Gasteiger charge is -2.29. The summed E-state index contributed by atoms with van der Waals surface area (Å²) in [7, 11) is 0. The van der Waals surface area contributed by atoms with Crippen LogP contribution in [-0.2, 0) is 6.42 Å². The largest absolute Gasteiger partial charge is 0.369 e. The molecule has 1 fully saturated rings. The fraction of sp³-hybridized carbons (Fsp3) is 0.227. The molecule has 6 heteroatoms. The number of benzene rings is 1. The van der Waals surface area contributed by atoms with E-state index in [1.807, 2.05) is 36.4 Å². The Kier molecular flexibility index (Phi) is 5.30. The van der Waals surface area contributed by atoms with Gasteiger partial charge in [-0.05, 0) is 47.0 Å². The van der Waals surface area contributed by atoms with E-state index >= 15 is 0 Å². The highest BCUT2D eigenvalue weighted by Crippen LogP contribution is 2.19. The molecule has 142 valence electrons. The van der Waals surface area contributed by atoms with Crippen LogP contribution in [0.4, 0.5) is 5.69 Å². The Morgan fingerprint density at radius 1 is 1.00 bits per heavy atom. The second kappa shape index (κ2) is 8.19. The van der Waals surface area contributed by atoms with Crippen LogP contribution in [0.2, 0.25) is 0 Å². The van der Waals surface area contributed by atoms with E-state index in [9.17, 15) is 9.59 Å². The maximum absolute atomic E-state index is 12.8. The first-order valence-corrected chi connectivity index (χ1v) is 9.42. The standard InChI is InChI=1S/C22H22N4O2/c27-21(13-16-1-3-19(4-2-16)26-11-9-24-10-12-26)20-14-18(15-25-22(20)28)17-5-7-23-8-6-17/h1-8,14-15,24H,9-13H2,(H,25,28). The number of aromatic amines is 1. The smallest absolute Gasteiger partial charge is 0.258 e. The summed E-state index contributed by atoms with van der Waals surface area (Å²) >= 11 is 0. The Morgan fingerprint density at radius 2 is 1.71 bits per heavy atom. The van der Waals surface area contributed by atoms with Gasteiger partial charge in [0.2, 0.25) is 0 Å². The lowest BCUT2D eigenvalue weighted by Crippen LogP contribution is -2.43. The minimum Gasteiger partial charge on any atom is -0.369 e. The van der Waals surface area contributed by atoms with E-state index < -0.39 is 0 Å². The van der Waals surface area contributed by atoms with Crippen LogP contribution in [0.5, 0.6) is 0 Å². The molecule has 0 bridgehead atoms. The van der Waals surface area contributed by atoms with Gasteiger partial charge in [-0.3, -0.25) is 14.6 Å². The summed E-state index contributed by atoms with van der Waals surface area (Å²) in [5.74, 6) is -0.188. The average Bonchev–Trinajstić information content (AvgIpc) is 2.76. The third-order valence-corrected chi connectivity index (χ3v) is 5.00. The molecule has 1 saturated heterocycles.